The van der Waals surface area contributed by atoms with Crippen LogP contribution in [0.2, 0.25) is 0 Å². The van der Waals surface area contributed by atoms with Crippen LogP contribution >= 0.6 is 0 Å². The summed E-state index contributed by atoms with van der Waals surface area (Å²) >= 11 is 0. The number of piperidine rings is 1. The van der Waals surface area contributed by atoms with Crippen molar-refractivity contribution in [3.05, 3.63) is 29.8 Å². The normalized spacial score (nSPS) is 23.2. The average Bonchev–Trinajstić information content (AvgIpc) is 2.58. The van der Waals surface area contributed by atoms with Crippen molar-refractivity contribution in [1.82, 2.24) is 9.80 Å². The van der Waals surface area contributed by atoms with Crippen LogP contribution < -0.4 is 4.90 Å². The Morgan fingerprint density at radius 2 is 1.75 bits per heavy atom. The first-order valence-corrected chi connectivity index (χ1v) is 9.36. The second kappa shape index (κ2) is 7.56. The minimum atomic E-state index is 0.332. The van der Waals surface area contributed by atoms with Gasteiger partial charge in [-0.15, -0.1) is 0 Å². The predicted molar refractivity (Wildman–Crippen MR) is 99.4 cm³/mol. The number of anilines is 1. The van der Waals surface area contributed by atoms with Crippen LogP contribution in [0.25, 0.3) is 0 Å². The van der Waals surface area contributed by atoms with Crippen molar-refractivity contribution in [2.24, 2.45) is 5.92 Å². The van der Waals surface area contributed by atoms with Crippen molar-refractivity contribution in [3.8, 4) is 0 Å². The van der Waals surface area contributed by atoms with E-state index in [-0.39, 0.29) is 0 Å². The third kappa shape index (κ3) is 4.10. The number of rotatable bonds is 4. The highest BCUT2D eigenvalue weighted by Gasteiger charge is 2.29. The number of likely N-dealkylation sites (tertiary alicyclic amines) is 1. The van der Waals surface area contributed by atoms with Gasteiger partial charge in [-0.05, 0) is 45.2 Å². The van der Waals surface area contributed by atoms with Crippen LogP contribution in [0.5, 0.6) is 0 Å². The van der Waals surface area contributed by atoms with Gasteiger partial charge < -0.3 is 9.80 Å². The van der Waals surface area contributed by atoms with E-state index >= 15 is 0 Å². The zero-order valence-electron chi connectivity index (χ0n) is 15.4. The number of carbonyl (C=O) groups is 1. The van der Waals surface area contributed by atoms with Gasteiger partial charge in [-0.3, -0.25) is 9.69 Å². The molecule has 0 aliphatic carbocycles. The maximum absolute atomic E-state index is 12.0. The number of aryl methyl sites for hydroxylation is 1. The molecule has 4 nitrogen and oxygen atoms in total. The first-order chi connectivity index (χ1) is 11.5. The highest BCUT2D eigenvalue weighted by molar-refractivity contribution is 5.77. The fourth-order valence-electron chi connectivity index (χ4n) is 3.90. The third-order valence-electron chi connectivity index (χ3n) is 5.45. The molecule has 1 atom stereocenters. The van der Waals surface area contributed by atoms with E-state index in [0.717, 1.165) is 52.1 Å². The van der Waals surface area contributed by atoms with E-state index in [1.807, 2.05) is 0 Å². The quantitative estimate of drug-likeness (QED) is 0.850. The maximum Gasteiger partial charge on any atom is 0.222 e. The van der Waals surface area contributed by atoms with E-state index < -0.39 is 0 Å². The van der Waals surface area contributed by atoms with E-state index in [1.165, 1.54) is 11.3 Å². The monoisotopic (exact) mass is 329 g/mol. The minimum absolute atomic E-state index is 0.332. The first-order valence-electron chi connectivity index (χ1n) is 9.36. The van der Waals surface area contributed by atoms with Gasteiger partial charge in [0.15, 0.2) is 0 Å². The summed E-state index contributed by atoms with van der Waals surface area (Å²) in [7, 11) is 0. The van der Waals surface area contributed by atoms with E-state index in [4.69, 9.17) is 0 Å². The van der Waals surface area contributed by atoms with Gasteiger partial charge in [0.2, 0.25) is 5.91 Å². The first kappa shape index (κ1) is 17.3. The van der Waals surface area contributed by atoms with Crippen molar-refractivity contribution in [3.63, 3.8) is 0 Å². The van der Waals surface area contributed by atoms with Crippen LogP contribution in [-0.2, 0) is 4.79 Å². The standard InChI is InChI=1S/C20H31N3O/c1-16(2)23-15-18(6-9-20(23)24)14-21-10-12-22(13-11-21)19-7-4-17(3)5-8-19/h4-5,7-8,16,18H,6,9-15H2,1-3H3. The van der Waals surface area contributed by atoms with Crippen LogP contribution in [0.15, 0.2) is 24.3 Å². The lowest BCUT2D eigenvalue weighted by molar-refractivity contribution is -0.136. The fourth-order valence-corrected chi connectivity index (χ4v) is 3.90. The van der Waals surface area contributed by atoms with Gasteiger partial charge in [-0.25, -0.2) is 0 Å². The number of amides is 1. The highest BCUT2D eigenvalue weighted by atomic mass is 16.2. The molecule has 2 aliphatic rings. The van der Waals surface area contributed by atoms with E-state index in [1.54, 1.807) is 0 Å². The molecular weight excluding hydrogens is 298 g/mol. The number of hydrogen-bond donors (Lipinski definition) is 0. The number of carbonyl (C=O) groups excluding carboxylic acids is 1. The Kier molecular flexibility index (Phi) is 5.44. The molecular formula is C20H31N3O. The van der Waals surface area contributed by atoms with Gasteiger partial charge in [0.05, 0.1) is 0 Å². The summed E-state index contributed by atoms with van der Waals surface area (Å²) in [5.41, 5.74) is 2.66. The molecule has 0 aromatic heterocycles. The second-order valence-electron chi connectivity index (χ2n) is 7.67. The molecule has 1 amide bonds. The van der Waals surface area contributed by atoms with E-state index in [9.17, 15) is 4.79 Å². The zero-order chi connectivity index (χ0) is 17.1. The summed E-state index contributed by atoms with van der Waals surface area (Å²) in [6.07, 6.45) is 1.78. The second-order valence-corrected chi connectivity index (χ2v) is 7.67. The van der Waals surface area contributed by atoms with Crippen molar-refractivity contribution in [1.29, 1.82) is 0 Å². The molecule has 2 saturated heterocycles. The Hall–Kier alpha value is -1.55. The minimum Gasteiger partial charge on any atom is -0.369 e. The SMILES string of the molecule is Cc1ccc(N2CCN(CC3CCC(=O)N(C(C)C)C3)CC2)cc1. The Bertz CT molecular complexity index is 547. The van der Waals surface area contributed by atoms with Crippen LogP contribution in [0.3, 0.4) is 0 Å². The lowest BCUT2D eigenvalue weighted by Crippen LogP contribution is -2.51. The van der Waals surface area contributed by atoms with Gasteiger partial charge >= 0.3 is 0 Å². The zero-order valence-corrected chi connectivity index (χ0v) is 15.4. The molecule has 3 rings (SSSR count). The molecule has 132 valence electrons. The van der Waals surface area contributed by atoms with Crippen molar-refractivity contribution in [2.45, 2.75) is 39.7 Å². The van der Waals surface area contributed by atoms with E-state index in [0.29, 0.717) is 17.9 Å². The highest BCUT2D eigenvalue weighted by Crippen LogP contribution is 2.22. The fraction of sp³-hybridized carbons (Fsp3) is 0.650. The summed E-state index contributed by atoms with van der Waals surface area (Å²) in [5, 5.41) is 0. The number of nitrogens with zero attached hydrogens (tertiary/aromatic N) is 3. The van der Waals surface area contributed by atoms with E-state index in [2.05, 4.69) is 59.7 Å². The summed E-state index contributed by atoms with van der Waals surface area (Å²) in [4.78, 5) is 19.1. The molecule has 1 unspecified atom stereocenters. The molecule has 24 heavy (non-hydrogen) atoms. The predicted octanol–water partition coefficient (Wildman–Crippen LogP) is 2.76. The lowest BCUT2D eigenvalue weighted by atomic mass is 9.95. The molecule has 2 fully saturated rings. The summed E-state index contributed by atoms with van der Waals surface area (Å²) in [6.45, 7) is 12.9. The Balaban J connectivity index is 1.48. The van der Waals surface area contributed by atoms with Gasteiger partial charge in [-0.2, -0.15) is 0 Å². The summed E-state index contributed by atoms with van der Waals surface area (Å²) in [6, 6.07) is 9.19. The van der Waals surface area contributed by atoms with Gasteiger partial charge in [-0.1, -0.05) is 17.7 Å². The van der Waals surface area contributed by atoms with Crippen molar-refractivity contribution < 1.29 is 4.79 Å². The molecule has 0 radical (unpaired) electrons. The summed E-state index contributed by atoms with van der Waals surface area (Å²) < 4.78 is 0. The van der Waals surface area contributed by atoms with Crippen molar-refractivity contribution >= 4 is 11.6 Å². The molecule has 0 saturated carbocycles. The van der Waals surface area contributed by atoms with Crippen LogP contribution in [0.1, 0.15) is 32.3 Å². The average molecular weight is 329 g/mol. The molecule has 1 aromatic rings. The van der Waals surface area contributed by atoms with Gasteiger partial charge in [0.1, 0.15) is 0 Å². The van der Waals surface area contributed by atoms with Crippen LogP contribution in [-0.4, -0.2) is 61.0 Å². The topological polar surface area (TPSA) is 26.8 Å². The third-order valence-corrected chi connectivity index (χ3v) is 5.45. The lowest BCUT2D eigenvalue weighted by Gasteiger charge is -2.41. The Morgan fingerprint density at radius 3 is 2.38 bits per heavy atom. The van der Waals surface area contributed by atoms with Crippen LogP contribution in [0, 0.1) is 12.8 Å². The molecule has 0 spiro atoms. The summed E-state index contributed by atoms with van der Waals surface area (Å²) in [5.74, 6) is 0.974. The number of benzene rings is 1. The Labute approximate surface area is 146 Å². The smallest absolute Gasteiger partial charge is 0.222 e. The molecule has 2 heterocycles. The van der Waals surface area contributed by atoms with Gasteiger partial charge in [0.25, 0.3) is 0 Å². The largest absolute Gasteiger partial charge is 0.369 e. The van der Waals surface area contributed by atoms with Crippen molar-refractivity contribution in [2.75, 3.05) is 44.2 Å². The number of piperazine rings is 1. The number of hydrogen-bond acceptors (Lipinski definition) is 3. The molecule has 2 aliphatic heterocycles. The van der Waals surface area contributed by atoms with Crippen LogP contribution in [0.4, 0.5) is 5.69 Å². The molecule has 4 heteroatoms. The molecule has 0 bridgehead atoms. The maximum atomic E-state index is 12.0. The molecule has 1 aromatic carbocycles. The molecule has 0 N–H and O–H groups in total. The Morgan fingerprint density at radius 1 is 1.08 bits per heavy atom. The van der Waals surface area contributed by atoms with Gasteiger partial charge in [0, 0.05) is 57.4 Å².